The van der Waals surface area contributed by atoms with Gasteiger partial charge in [0.2, 0.25) is 5.91 Å². The highest BCUT2D eigenvalue weighted by Gasteiger charge is 2.21. The standard InChI is InChI=1S/C21H27N3O2/c1-16(2)14-22-21(26)23-19(25)15-24(3)20(17-10-6-4-7-11-17)18-12-8-5-9-13-18/h4-13,16,20H,14-15H2,1-3H3,(H2,22,23,25,26). The van der Waals surface area contributed by atoms with Crippen molar-refractivity contribution in [2.24, 2.45) is 5.92 Å². The Morgan fingerprint density at radius 2 is 1.42 bits per heavy atom. The van der Waals surface area contributed by atoms with Crippen molar-refractivity contribution in [2.45, 2.75) is 19.9 Å². The fourth-order valence-corrected chi connectivity index (χ4v) is 2.80. The predicted octanol–water partition coefficient (Wildman–Crippen LogP) is 3.19. The Bertz CT molecular complexity index is 662. The zero-order chi connectivity index (χ0) is 18.9. The number of amides is 3. The van der Waals surface area contributed by atoms with E-state index in [-0.39, 0.29) is 18.5 Å². The summed E-state index contributed by atoms with van der Waals surface area (Å²) in [4.78, 5) is 26.0. The predicted molar refractivity (Wildman–Crippen MR) is 104 cm³/mol. The lowest BCUT2D eigenvalue weighted by atomic mass is 9.97. The van der Waals surface area contributed by atoms with Crippen LogP contribution < -0.4 is 10.6 Å². The third-order valence-electron chi connectivity index (χ3n) is 3.99. The third-order valence-corrected chi connectivity index (χ3v) is 3.99. The van der Waals surface area contributed by atoms with Crippen LogP contribution in [-0.2, 0) is 4.79 Å². The van der Waals surface area contributed by atoms with Crippen molar-refractivity contribution >= 4 is 11.9 Å². The summed E-state index contributed by atoms with van der Waals surface area (Å²) in [5, 5.41) is 5.08. The Kier molecular flexibility index (Phi) is 7.36. The van der Waals surface area contributed by atoms with Crippen molar-refractivity contribution in [1.82, 2.24) is 15.5 Å². The molecule has 0 saturated heterocycles. The lowest BCUT2D eigenvalue weighted by Crippen LogP contribution is -2.45. The van der Waals surface area contributed by atoms with E-state index in [1.54, 1.807) is 0 Å². The van der Waals surface area contributed by atoms with Crippen molar-refractivity contribution in [2.75, 3.05) is 20.1 Å². The number of hydrogen-bond acceptors (Lipinski definition) is 3. The van der Waals surface area contributed by atoms with Crippen LogP contribution in [-0.4, -0.2) is 37.0 Å². The highest BCUT2D eigenvalue weighted by atomic mass is 16.2. The highest BCUT2D eigenvalue weighted by molar-refractivity contribution is 5.95. The monoisotopic (exact) mass is 353 g/mol. The lowest BCUT2D eigenvalue weighted by Gasteiger charge is -2.28. The zero-order valence-electron chi connectivity index (χ0n) is 15.6. The summed E-state index contributed by atoms with van der Waals surface area (Å²) in [5.74, 6) is 0.00434. The van der Waals surface area contributed by atoms with Crippen LogP contribution in [0, 0.1) is 5.92 Å². The van der Waals surface area contributed by atoms with Crippen molar-refractivity contribution in [3.63, 3.8) is 0 Å². The number of carbonyl (C=O) groups is 2. The Labute approximate surface area is 155 Å². The quantitative estimate of drug-likeness (QED) is 0.804. The van der Waals surface area contributed by atoms with Gasteiger partial charge in [0, 0.05) is 6.54 Å². The summed E-state index contributed by atoms with van der Waals surface area (Å²) in [5.41, 5.74) is 2.19. The first-order valence-corrected chi connectivity index (χ1v) is 8.85. The molecule has 2 N–H and O–H groups in total. The number of hydrogen-bond donors (Lipinski definition) is 2. The molecule has 2 aromatic carbocycles. The summed E-state index contributed by atoms with van der Waals surface area (Å²) in [6, 6.07) is 19.5. The Morgan fingerprint density at radius 1 is 0.923 bits per heavy atom. The molecule has 26 heavy (non-hydrogen) atoms. The number of nitrogens with one attached hydrogen (secondary N) is 2. The van der Waals surface area contributed by atoms with Crippen LogP contribution >= 0.6 is 0 Å². The fraction of sp³-hybridized carbons (Fsp3) is 0.333. The zero-order valence-corrected chi connectivity index (χ0v) is 15.6. The van der Waals surface area contributed by atoms with Crippen LogP contribution in [0.3, 0.4) is 0 Å². The molecule has 0 atom stereocenters. The smallest absolute Gasteiger partial charge is 0.321 e. The van der Waals surface area contributed by atoms with E-state index in [1.165, 1.54) is 0 Å². The molecule has 5 nitrogen and oxygen atoms in total. The van der Waals surface area contributed by atoms with Gasteiger partial charge in [0.05, 0.1) is 12.6 Å². The summed E-state index contributed by atoms with van der Waals surface area (Å²) in [6.45, 7) is 4.65. The van der Waals surface area contributed by atoms with Gasteiger partial charge in [-0.25, -0.2) is 4.79 Å². The molecule has 0 aliphatic rings. The second-order valence-electron chi connectivity index (χ2n) is 6.79. The first kappa shape index (κ1) is 19.7. The Hall–Kier alpha value is -2.66. The first-order chi connectivity index (χ1) is 12.5. The maximum Gasteiger partial charge on any atom is 0.321 e. The van der Waals surface area contributed by atoms with Crippen molar-refractivity contribution < 1.29 is 9.59 Å². The minimum absolute atomic E-state index is 0.0677. The van der Waals surface area contributed by atoms with Gasteiger partial charge in [-0.1, -0.05) is 74.5 Å². The highest BCUT2D eigenvalue weighted by Crippen LogP contribution is 2.27. The van der Waals surface area contributed by atoms with Crippen LogP contribution in [0.15, 0.2) is 60.7 Å². The van der Waals surface area contributed by atoms with Crippen LogP contribution in [0.1, 0.15) is 31.0 Å². The van der Waals surface area contributed by atoms with Gasteiger partial charge in [-0.05, 0) is 24.1 Å². The van der Waals surface area contributed by atoms with E-state index in [2.05, 4.69) is 10.6 Å². The molecule has 0 radical (unpaired) electrons. The molecule has 5 heteroatoms. The fourth-order valence-electron chi connectivity index (χ4n) is 2.80. The Morgan fingerprint density at radius 3 is 1.88 bits per heavy atom. The SMILES string of the molecule is CC(C)CNC(=O)NC(=O)CN(C)C(c1ccccc1)c1ccccc1. The second kappa shape index (κ2) is 9.73. The van der Waals surface area contributed by atoms with Crippen LogP contribution in [0.5, 0.6) is 0 Å². The van der Waals surface area contributed by atoms with Crippen LogP contribution in [0.4, 0.5) is 4.79 Å². The van der Waals surface area contributed by atoms with Crippen LogP contribution in [0.25, 0.3) is 0 Å². The van der Waals surface area contributed by atoms with Gasteiger partial charge in [-0.2, -0.15) is 0 Å². The van der Waals surface area contributed by atoms with Gasteiger partial charge >= 0.3 is 6.03 Å². The van der Waals surface area contributed by atoms with Gasteiger partial charge in [-0.15, -0.1) is 0 Å². The molecule has 2 aromatic rings. The van der Waals surface area contributed by atoms with Gasteiger partial charge in [0.15, 0.2) is 0 Å². The van der Waals surface area contributed by atoms with Gasteiger partial charge in [-0.3, -0.25) is 15.0 Å². The van der Waals surface area contributed by atoms with Gasteiger partial charge in [0.1, 0.15) is 0 Å². The van der Waals surface area contributed by atoms with Gasteiger partial charge in [0.25, 0.3) is 0 Å². The van der Waals surface area contributed by atoms with E-state index in [9.17, 15) is 9.59 Å². The molecule has 0 heterocycles. The molecule has 2 rings (SSSR count). The number of imide groups is 1. The van der Waals surface area contributed by atoms with Crippen molar-refractivity contribution in [1.29, 1.82) is 0 Å². The molecule has 0 bridgehead atoms. The lowest BCUT2D eigenvalue weighted by molar-refractivity contribution is -0.121. The molecule has 0 aliphatic carbocycles. The number of likely N-dealkylation sites (N-methyl/N-ethyl adjacent to an activating group) is 1. The molecule has 0 unspecified atom stereocenters. The second-order valence-corrected chi connectivity index (χ2v) is 6.79. The summed E-state index contributed by atoms with van der Waals surface area (Å²) in [7, 11) is 1.89. The molecule has 0 spiro atoms. The third kappa shape index (κ3) is 6.01. The van der Waals surface area contributed by atoms with E-state index in [0.29, 0.717) is 12.5 Å². The Balaban J connectivity index is 2.06. The average molecular weight is 353 g/mol. The summed E-state index contributed by atoms with van der Waals surface area (Å²) >= 11 is 0. The molecular weight excluding hydrogens is 326 g/mol. The molecule has 3 amide bonds. The van der Waals surface area contributed by atoms with Crippen molar-refractivity contribution in [3.05, 3.63) is 71.8 Å². The van der Waals surface area contributed by atoms with E-state index in [0.717, 1.165) is 11.1 Å². The maximum atomic E-state index is 12.3. The van der Waals surface area contributed by atoms with Crippen LogP contribution in [0.2, 0.25) is 0 Å². The number of urea groups is 1. The molecule has 0 aromatic heterocycles. The summed E-state index contributed by atoms with van der Waals surface area (Å²) in [6.07, 6.45) is 0. The number of rotatable bonds is 7. The molecule has 0 saturated carbocycles. The van der Waals surface area contributed by atoms with E-state index in [4.69, 9.17) is 0 Å². The molecule has 138 valence electrons. The van der Waals surface area contributed by atoms with E-state index in [1.807, 2.05) is 86.5 Å². The first-order valence-electron chi connectivity index (χ1n) is 8.85. The average Bonchev–Trinajstić information content (AvgIpc) is 2.62. The summed E-state index contributed by atoms with van der Waals surface area (Å²) < 4.78 is 0. The molecular formula is C21H27N3O2. The minimum Gasteiger partial charge on any atom is -0.338 e. The molecule has 0 fully saturated rings. The largest absolute Gasteiger partial charge is 0.338 e. The van der Waals surface area contributed by atoms with E-state index >= 15 is 0 Å². The number of benzene rings is 2. The van der Waals surface area contributed by atoms with Gasteiger partial charge < -0.3 is 5.32 Å². The topological polar surface area (TPSA) is 61.4 Å². The number of carbonyl (C=O) groups excluding carboxylic acids is 2. The van der Waals surface area contributed by atoms with E-state index < -0.39 is 6.03 Å². The minimum atomic E-state index is -0.451. The normalized spacial score (nSPS) is 11.0. The maximum absolute atomic E-state index is 12.3. The number of nitrogens with zero attached hydrogens (tertiary/aromatic N) is 1. The van der Waals surface area contributed by atoms with Crippen molar-refractivity contribution in [3.8, 4) is 0 Å². The molecule has 0 aliphatic heterocycles.